The Hall–Kier alpha value is -5.37. The monoisotopic (exact) mass is 657 g/mol. The van der Waals surface area contributed by atoms with Crippen molar-refractivity contribution in [2.75, 3.05) is 32.2 Å². The molecule has 0 spiro atoms. The number of carboxylic acids is 2. The van der Waals surface area contributed by atoms with Crippen molar-refractivity contribution in [1.82, 2.24) is 0 Å². The smallest absolute Gasteiger partial charge is 0.335 e. The van der Waals surface area contributed by atoms with Crippen LogP contribution in [0.2, 0.25) is 0 Å². The van der Waals surface area contributed by atoms with Gasteiger partial charge < -0.3 is 54.4 Å². The molecule has 4 aromatic rings. The van der Waals surface area contributed by atoms with E-state index in [0.717, 1.165) is 18.2 Å². The Morgan fingerprint density at radius 3 is 1.78 bits per heavy atom. The summed E-state index contributed by atoms with van der Waals surface area (Å²) in [6.07, 6.45) is 0. The maximum Gasteiger partial charge on any atom is 0.335 e. The van der Waals surface area contributed by atoms with Gasteiger partial charge in [0.15, 0.2) is 5.75 Å². The van der Waals surface area contributed by atoms with Crippen molar-refractivity contribution in [3.8, 4) is 17.2 Å². The first-order valence-corrected chi connectivity index (χ1v) is 14.5. The molecule has 0 saturated heterocycles. The number of rotatable bonds is 13. The molecule has 17 nitrogen and oxygen atoms in total. The number of hydrogen-bond donors (Lipinski definition) is 9. The zero-order chi connectivity index (χ0) is 33.6. The number of phenols is 1. The Kier molecular flexibility index (Phi) is 10.3. The molecule has 4 rings (SSSR count). The number of aliphatic hydroxyl groups excluding tert-OH is 2. The molecule has 0 unspecified atom stereocenters. The Morgan fingerprint density at radius 1 is 0.739 bits per heavy atom. The largest absolute Gasteiger partial charge is 0.505 e. The molecule has 0 bridgehead atoms. The lowest BCUT2D eigenvalue weighted by Crippen LogP contribution is -2.04. The maximum atomic E-state index is 11.5. The lowest BCUT2D eigenvalue weighted by molar-refractivity contribution is 0.0696. The Balaban J connectivity index is 1.86. The number of aliphatic hydroxyl groups is 2. The molecule has 0 amide bonds. The number of nitrogens with zero attached hydrogens (tertiary/aromatic N) is 4. The SMILES string of the molecule is Nc1ccc2cc(S(O)(O)O)c(N=Nc3cc(OCCO)c(N=Nc4cc(C(=O)O)cc(C(=O)O)c4)cc3OCCO)c(O)c2c1. The van der Waals surface area contributed by atoms with Crippen LogP contribution in [0.1, 0.15) is 20.7 Å². The fourth-order valence-corrected chi connectivity index (χ4v) is 4.71. The summed E-state index contributed by atoms with van der Waals surface area (Å²) in [4.78, 5) is 22.4. The molecule has 0 heterocycles. The van der Waals surface area contributed by atoms with Crippen LogP contribution in [0.3, 0.4) is 0 Å². The highest BCUT2D eigenvalue weighted by Gasteiger charge is 2.26. The standard InChI is InChI=1S/C28H27N5O12S/c29-17-2-1-14-10-24(46(41,42)43)25(26(36)19(14)11-17)33-32-21-13-22(44-5-3-34)20(12-23(21)45-6-4-35)31-30-18-8-15(27(37)38)7-16(9-18)28(39)40/h1-2,7-13,34-36,41-43H,3-6,29H2,(H,37,38)(H,39,40). The van der Waals surface area contributed by atoms with Crippen LogP contribution in [-0.4, -0.2) is 77.6 Å². The van der Waals surface area contributed by atoms with Crippen LogP contribution < -0.4 is 15.2 Å². The van der Waals surface area contributed by atoms with Crippen molar-refractivity contribution < 1.29 is 58.3 Å². The summed E-state index contributed by atoms with van der Waals surface area (Å²) in [6.45, 7) is -1.35. The predicted molar refractivity (Wildman–Crippen MR) is 164 cm³/mol. The molecule has 0 fully saturated rings. The number of aromatic carboxylic acids is 2. The molecular weight excluding hydrogens is 630 g/mol. The van der Waals surface area contributed by atoms with Crippen molar-refractivity contribution in [2.24, 2.45) is 20.5 Å². The zero-order valence-electron chi connectivity index (χ0n) is 23.5. The van der Waals surface area contributed by atoms with Gasteiger partial charge in [-0.25, -0.2) is 9.59 Å². The molecule has 46 heavy (non-hydrogen) atoms. The maximum absolute atomic E-state index is 11.5. The molecule has 0 aliphatic heterocycles. The zero-order valence-corrected chi connectivity index (χ0v) is 24.3. The van der Waals surface area contributed by atoms with Gasteiger partial charge in [0.2, 0.25) is 0 Å². The molecule has 0 aromatic heterocycles. The van der Waals surface area contributed by atoms with E-state index in [1.54, 1.807) is 0 Å². The number of benzene rings is 4. The summed E-state index contributed by atoms with van der Waals surface area (Å²) in [6, 6.07) is 11.2. The number of ether oxygens (including phenoxy) is 2. The molecule has 0 radical (unpaired) electrons. The molecule has 0 aliphatic rings. The number of hydrogen-bond acceptors (Lipinski definition) is 15. The topological polar surface area (TPSA) is 290 Å². The Morgan fingerprint density at radius 2 is 1.28 bits per heavy atom. The van der Waals surface area contributed by atoms with Gasteiger partial charge in [0.05, 0.1) is 34.9 Å². The minimum absolute atomic E-state index is 0.0628. The second-order valence-corrected chi connectivity index (χ2v) is 10.8. The Labute approximate surface area is 260 Å². The number of carbonyl (C=O) groups is 2. The average molecular weight is 658 g/mol. The van der Waals surface area contributed by atoms with Gasteiger partial charge in [0.25, 0.3) is 0 Å². The van der Waals surface area contributed by atoms with E-state index in [4.69, 9.17) is 15.2 Å². The number of carboxylic acid groups (broad SMARTS) is 2. The van der Waals surface area contributed by atoms with Crippen molar-refractivity contribution in [3.05, 3.63) is 65.7 Å². The van der Waals surface area contributed by atoms with Crippen LogP contribution in [0.4, 0.5) is 28.4 Å². The summed E-state index contributed by atoms with van der Waals surface area (Å²) < 4.78 is 41.3. The third-order valence-electron chi connectivity index (χ3n) is 6.05. The van der Waals surface area contributed by atoms with Crippen molar-refractivity contribution in [1.29, 1.82) is 0 Å². The fourth-order valence-electron chi connectivity index (χ4n) is 4.03. The highest BCUT2D eigenvalue weighted by Crippen LogP contribution is 2.54. The van der Waals surface area contributed by atoms with E-state index in [1.165, 1.54) is 36.4 Å². The summed E-state index contributed by atoms with van der Waals surface area (Å²) >= 11 is 0. The molecule has 18 heteroatoms. The van der Waals surface area contributed by atoms with E-state index in [0.29, 0.717) is 5.39 Å². The summed E-state index contributed by atoms with van der Waals surface area (Å²) in [7, 11) is -4.43. The minimum atomic E-state index is -4.43. The number of anilines is 1. The lowest BCUT2D eigenvalue weighted by Gasteiger charge is -2.22. The van der Waals surface area contributed by atoms with E-state index in [9.17, 15) is 48.8 Å². The first-order chi connectivity index (χ1) is 21.8. The number of nitrogens with two attached hydrogens (primary N) is 1. The van der Waals surface area contributed by atoms with Gasteiger partial charge in [-0.2, -0.15) is 5.11 Å². The number of fused-ring (bicyclic) bond motifs is 1. The molecule has 0 saturated carbocycles. The molecule has 0 atom stereocenters. The van der Waals surface area contributed by atoms with Crippen molar-refractivity contribution in [3.63, 3.8) is 0 Å². The van der Waals surface area contributed by atoms with Crippen LogP contribution >= 0.6 is 10.9 Å². The average Bonchev–Trinajstić information content (AvgIpc) is 3.01. The first-order valence-electron chi connectivity index (χ1n) is 13.0. The summed E-state index contributed by atoms with van der Waals surface area (Å²) in [5.74, 6) is -3.53. The molecular formula is C28H27N5O12S. The van der Waals surface area contributed by atoms with Crippen LogP contribution in [0.25, 0.3) is 10.8 Å². The lowest BCUT2D eigenvalue weighted by atomic mass is 10.1. The van der Waals surface area contributed by atoms with E-state index in [1.807, 2.05) is 0 Å². The van der Waals surface area contributed by atoms with Crippen LogP contribution in [0.5, 0.6) is 17.2 Å². The summed E-state index contributed by atoms with van der Waals surface area (Å²) in [5, 5.41) is 64.8. The minimum Gasteiger partial charge on any atom is -0.505 e. The summed E-state index contributed by atoms with van der Waals surface area (Å²) in [5.41, 5.74) is 4.57. The number of aromatic hydroxyl groups is 1. The molecule has 242 valence electrons. The van der Waals surface area contributed by atoms with Gasteiger partial charge in [-0.1, -0.05) is 6.07 Å². The van der Waals surface area contributed by atoms with Gasteiger partial charge in [-0.05, 0) is 41.8 Å². The first kappa shape index (κ1) is 33.5. The highest BCUT2D eigenvalue weighted by atomic mass is 32.3. The number of azo groups is 2. The third kappa shape index (κ3) is 7.82. The van der Waals surface area contributed by atoms with Gasteiger partial charge in [0, 0.05) is 23.2 Å². The van der Waals surface area contributed by atoms with E-state index < -0.39 is 52.4 Å². The number of phenolic OH excluding ortho intramolecular Hbond substituents is 1. The second kappa shape index (κ2) is 14.2. The predicted octanol–water partition coefficient (Wildman–Crippen LogP) is 5.68. The van der Waals surface area contributed by atoms with E-state index in [-0.39, 0.29) is 64.0 Å². The fraction of sp³-hybridized carbons (Fsp3) is 0.143. The van der Waals surface area contributed by atoms with Gasteiger partial charge in [-0.3, -0.25) is 0 Å². The highest BCUT2D eigenvalue weighted by molar-refractivity contribution is 8.19. The second-order valence-electron chi connectivity index (χ2n) is 9.28. The van der Waals surface area contributed by atoms with E-state index in [2.05, 4.69) is 20.5 Å². The van der Waals surface area contributed by atoms with E-state index >= 15 is 0 Å². The third-order valence-corrected chi connectivity index (χ3v) is 6.95. The molecule has 0 aliphatic carbocycles. The quantitative estimate of drug-likeness (QED) is 0.0618. The van der Waals surface area contributed by atoms with Crippen molar-refractivity contribution in [2.45, 2.75) is 4.90 Å². The molecule has 4 aromatic carbocycles. The normalized spacial score (nSPS) is 12.2. The molecule has 10 N–H and O–H groups in total. The van der Waals surface area contributed by atoms with Gasteiger partial charge in [0.1, 0.15) is 52.6 Å². The van der Waals surface area contributed by atoms with Gasteiger partial charge in [-0.15, -0.1) is 15.3 Å². The van der Waals surface area contributed by atoms with Crippen LogP contribution in [0, 0.1) is 0 Å². The van der Waals surface area contributed by atoms with Crippen LogP contribution in [-0.2, 0) is 0 Å². The Bertz CT molecular complexity index is 1830. The van der Waals surface area contributed by atoms with Gasteiger partial charge >= 0.3 is 11.9 Å². The number of nitrogen functional groups attached to an aromatic ring is 1. The van der Waals surface area contributed by atoms with Crippen LogP contribution in [0.15, 0.2) is 79.9 Å². The van der Waals surface area contributed by atoms with Crippen molar-refractivity contribution >= 4 is 62.0 Å².